The number of rotatable bonds is 6. The number of hydrogen-bond acceptors (Lipinski definition) is 7. The minimum Gasteiger partial charge on any atom is -0.507 e. The number of carbonyl (C=O) groups is 4. The molecule has 1 aromatic heterocycles. The number of amides is 4. The third-order valence-corrected chi connectivity index (χ3v) is 12.8. The van der Waals surface area contributed by atoms with Crippen molar-refractivity contribution in [1.82, 2.24) is 4.98 Å². The van der Waals surface area contributed by atoms with Gasteiger partial charge in [-0.05, 0) is 91.4 Å². The molecule has 4 aliphatic rings. The highest BCUT2D eigenvalue weighted by molar-refractivity contribution is 6.58. The van der Waals surface area contributed by atoms with Crippen LogP contribution in [0.2, 0.25) is 0 Å². The third-order valence-electron chi connectivity index (χ3n) is 11.4. The van der Waals surface area contributed by atoms with Crippen molar-refractivity contribution in [3.8, 4) is 17.2 Å². The molecule has 9 rings (SSSR count). The molecule has 2 aliphatic heterocycles. The van der Waals surface area contributed by atoms with E-state index < -0.39 is 62.9 Å². The number of phenolic OH excluding ortho intramolecular Hbond substituents is 1. The van der Waals surface area contributed by atoms with Gasteiger partial charge in [-0.2, -0.15) is 0 Å². The number of alkyl halides is 2. The number of nitrogens with zero attached hydrogens (tertiary/aromatic N) is 3. The Labute approximate surface area is 318 Å². The number of aromatic nitrogens is 1. The van der Waals surface area contributed by atoms with Crippen LogP contribution >= 0.6 is 23.2 Å². The lowest BCUT2D eigenvalue weighted by molar-refractivity contribution is -0.125. The first-order chi connectivity index (χ1) is 26.0. The van der Waals surface area contributed by atoms with Crippen LogP contribution in [-0.2, 0) is 25.6 Å². The summed E-state index contributed by atoms with van der Waals surface area (Å²) in [5, 5.41) is 11.7. The number of oxazole rings is 1. The predicted molar refractivity (Wildman–Crippen MR) is 201 cm³/mol. The highest BCUT2D eigenvalue weighted by atomic mass is 35.5. The largest absolute Gasteiger partial charge is 0.507 e. The zero-order chi connectivity index (χ0) is 37.7. The summed E-state index contributed by atoms with van der Waals surface area (Å²) < 4.78 is 19.9. The van der Waals surface area contributed by atoms with Crippen LogP contribution < -0.4 is 9.80 Å². The summed E-state index contributed by atoms with van der Waals surface area (Å²) in [5.41, 5.74) is 3.68. The molecule has 4 aromatic carbocycles. The molecular weight excluding hydrogens is 732 g/mol. The van der Waals surface area contributed by atoms with Crippen molar-refractivity contribution < 1.29 is 33.1 Å². The van der Waals surface area contributed by atoms with Crippen molar-refractivity contribution in [2.24, 2.45) is 17.8 Å². The number of halogens is 3. The molecule has 0 bridgehead atoms. The monoisotopic (exact) mass is 761 g/mol. The molecule has 3 fully saturated rings. The smallest absolute Gasteiger partial charge is 0.258 e. The molecule has 5 aromatic rings. The molecule has 0 radical (unpaired) electrons. The van der Waals surface area contributed by atoms with E-state index in [1.807, 2.05) is 24.3 Å². The number of phenols is 1. The molecule has 12 heteroatoms. The molecule has 2 saturated heterocycles. The van der Waals surface area contributed by atoms with Crippen LogP contribution in [0.1, 0.15) is 29.9 Å². The summed E-state index contributed by atoms with van der Waals surface area (Å²) in [6.45, 7) is 3.78. The number of allylic oxidation sites excluding steroid dienone is 3. The molecule has 0 spiro atoms. The van der Waals surface area contributed by atoms with Crippen LogP contribution in [0.3, 0.4) is 0 Å². The number of aromatic hydroxyl groups is 1. The van der Waals surface area contributed by atoms with Gasteiger partial charge in [0.05, 0.1) is 23.2 Å². The van der Waals surface area contributed by atoms with Crippen LogP contribution in [0.25, 0.3) is 22.6 Å². The standard InChI is InChI=1S/C42H30Cl2FN3O6/c1-2-6-22-7-5-8-29(35(22)49)34-27-19-20-28-33(30(27)21-41(43)39(52)48(40(53)42(34,41)44)26-17-13-24(45)14-18-26)38(51)47(37(28)50)25-15-11-23(12-16-25)36-46-31-9-3-4-10-32(31)54-36/h2-5,7-19,28,30,33-34,49H,1,6,20-21H2. The Morgan fingerprint density at radius 2 is 1.57 bits per heavy atom. The van der Waals surface area contributed by atoms with E-state index in [0.29, 0.717) is 45.8 Å². The third kappa shape index (κ3) is 4.66. The van der Waals surface area contributed by atoms with Crippen LogP contribution in [-0.4, -0.2) is 43.5 Å². The molecule has 3 heterocycles. The lowest BCUT2D eigenvalue weighted by Gasteiger charge is -2.50. The van der Waals surface area contributed by atoms with Gasteiger partial charge < -0.3 is 9.52 Å². The maximum absolute atomic E-state index is 14.6. The van der Waals surface area contributed by atoms with Gasteiger partial charge in [0.25, 0.3) is 11.8 Å². The van der Waals surface area contributed by atoms with Crippen molar-refractivity contribution in [3.05, 3.63) is 132 Å². The van der Waals surface area contributed by atoms with Crippen molar-refractivity contribution in [2.75, 3.05) is 9.80 Å². The second-order valence-electron chi connectivity index (χ2n) is 14.1. The highest BCUT2D eigenvalue weighted by Gasteiger charge is 2.77. The van der Waals surface area contributed by atoms with Crippen LogP contribution in [0.5, 0.6) is 5.75 Å². The summed E-state index contributed by atoms with van der Waals surface area (Å²) in [4.78, 5) is 60.1. The van der Waals surface area contributed by atoms with E-state index in [9.17, 15) is 28.7 Å². The fourth-order valence-corrected chi connectivity index (χ4v) is 9.84. The van der Waals surface area contributed by atoms with Gasteiger partial charge in [0.15, 0.2) is 15.3 Å². The first-order valence-corrected chi connectivity index (χ1v) is 18.2. The maximum Gasteiger partial charge on any atom is 0.258 e. The molecule has 9 nitrogen and oxygen atoms in total. The number of para-hydroxylation sites is 3. The van der Waals surface area contributed by atoms with Gasteiger partial charge in [0.2, 0.25) is 17.7 Å². The topological polar surface area (TPSA) is 121 Å². The maximum atomic E-state index is 14.6. The van der Waals surface area contributed by atoms with Crippen molar-refractivity contribution in [1.29, 1.82) is 0 Å². The Balaban J connectivity index is 1.13. The SMILES string of the molecule is C=CCc1cccc(C2C3=CCC4C(=O)N(c5ccc(-c6nc7ccccc7o6)cc5)C(=O)C4C3CC3(Cl)C(=O)N(c4ccc(F)cc4)C(=O)C23Cl)c1O. The van der Waals surface area contributed by atoms with E-state index >= 15 is 0 Å². The van der Waals surface area contributed by atoms with Crippen molar-refractivity contribution >= 4 is 69.3 Å². The average Bonchev–Trinajstić information content (AvgIpc) is 3.76. The molecule has 1 saturated carbocycles. The quantitative estimate of drug-likeness (QED) is 0.106. The van der Waals surface area contributed by atoms with E-state index in [1.54, 1.807) is 54.6 Å². The van der Waals surface area contributed by atoms with E-state index in [1.165, 1.54) is 12.1 Å². The molecule has 54 heavy (non-hydrogen) atoms. The minimum atomic E-state index is -2.18. The van der Waals surface area contributed by atoms with Gasteiger partial charge in [0.1, 0.15) is 17.1 Å². The summed E-state index contributed by atoms with van der Waals surface area (Å²) in [7, 11) is 0. The second-order valence-corrected chi connectivity index (χ2v) is 15.4. The van der Waals surface area contributed by atoms with E-state index in [0.717, 1.165) is 21.9 Å². The Hall–Kier alpha value is -5.58. The van der Waals surface area contributed by atoms with E-state index in [2.05, 4.69) is 11.6 Å². The number of carbonyl (C=O) groups excluding carboxylic acids is 4. The lowest BCUT2D eigenvalue weighted by atomic mass is 9.56. The van der Waals surface area contributed by atoms with Gasteiger partial charge >= 0.3 is 0 Å². The number of hydrogen-bond donors (Lipinski definition) is 1. The Morgan fingerprint density at radius 3 is 2.30 bits per heavy atom. The molecule has 270 valence electrons. The summed E-state index contributed by atoms with van der Waals surface area (Å²) >= 11 is 14.9. The zero-order valence-corrected chi connectivity index (χ0v) is 29.9. The summed E-state index contributed by atoms with van der Waals surface area (Å²) in [5.74, 6) is -6.64. The predicted octanol–water partition coefficient (Wildman–Crippen LogP) is 7.84. The van der Waals surface area contributed by atoms with Crippen molar-refractivity contribution in [2.45, 2.75) is 34.9 Å². The molecule has 6 unspecified atom stereocenters. The molecule has 1 N–H and O–H groups in total. The Kier molecular flexibility index (Phi) is 7.74. The number of benzene rings is 4. The van der Waals surface area contributed by atoms with Crippen LogP contribution in [0.15, 0.2) is 120 Å². The van der Waals surface area contributed by atoms with Gasteiger partial charge in [0, 0.05) is 17.0 Å². The average molecular weight is 763 g/mol. The van der Waals surface area contributed by atoms with Gasteiger partial charge in [-0.1, -0.05) is 48.1 Å². The first kappa shape index (κ1) is 34.2. The van der Waals surface area contributed by atoms with E-state index in [4.69, 9.17) is 27.6 Å². The first-order valence-electron chi connectivity index (χ1n) is 17.5. The van der Waals surface area contributed by atoms with Crippen LogP contribution in [0.4, 0.5) is 15.8 Å². The normalized spacial score (nSPS) is 27.6. The zero-order valence-electron chi connectivity index (χ0n) is 28.4. The number of imide groups is 2. The highest BCUT2D eigenvalue weighted by Crippen LogP contribution is 2.66. The number of fused-ring (bicyclic) bond motifs is 5. The second kappa shape index (κ2) is 12.2. The van der Waals surface area contributed by atoms with Gasteiger partial charge in [-0.15, -0.1) is 29.8 Å². The number of anilines is 2. The molecular formula is C42H30Cl2FN3O6. The lowest BCUT2D eigenvalue weighted by Crippen LogP contribution is -2.60. The molecule has 6 atom stereocenters. The Bertz CT molecular complexity index is 2450. The van der Waals surface area contributed by atoms with Gasteiger partial charge in [-0.25, -0.2) is 14.3 Å². The Morgan fingerprint density at radius 1 is 0.870 bits per heavy atom. The van der Waals surface area contributed by atoms with E-state index in [-0.39, 0.29) is 29.8 Å². The summed E-state index contributed by atoms with van der Waals surface area (Å²) in [6, 6.07) is 24.0. The van der Waals surface area contributed by atoms with Gasteiger partial charge in [-0.3, -0.25) is 24.1 Å². The van der Waals surface area contributed by atoms with Crippen LogP contribution in [0, 0.1) is 23.6 Å². The molecule has 4 amide bonds. The molecule has 2 aliphatic carbocycles. The van der Waals surface area contributed by atoms with Crippen molar-refractivity contribution in [3.63, 3.8) is 0 Å². The minimum absolute atomic E-state index is 0.0682. The fourth-order valence-electron chi connectivity index (χ4n) is 8.91. The fraction of sp³-hybridized carbons (Fsp3) is 0.214. The summed E-state index contributed by atoms with van der Waals surface area (Å²) in [6.07, 6.45) is 3.62.